The molecular formula is C18H25N5OS. The number of rotatable bonds is 6. The van der Waals surface area contributed by atoms with Gasteiger partial charge < -0.3 is 15.4 Å². The number of nitrogens with zero attached hydrogens (tertiary/aromatic N) is 3. The summed E-state index contributed by atoms with van der Waals surface area (Å²) in [6.07, 6.45) is 4.24. The van der Waals surface area contributed by atoms with Gasteiger partial charge in [-0.05, 0) is 68.8 Å². The lowest BCUT2D eigenvalue weighted by Crippen LogP contribution is -2.20. The number of benzene rings is 1. The van der Waals surface area contributed by atoms with Crippen LogP contribution in [0.25, 0.3) is 0 Å². The number of aryl methyl sites for hydroxylation is 2. The average molecular weight is 359 g/mol. The first-order valence-corrected chi connectivity index (χ1v) is 8.65. The topological polar surface area (TPSA) is 79.5 Å². The molecule has 0 saturated heterocycles. The van der Waals surface area contributed by atoms with Crippen LogP contribution in [0.2, 0.25) is 0 Å². The Balaban J connectivity index is 2.08. The summed E-state index contributed by atoms with van der Waals surface area (Å²) >= 11 is 5.20. The Labute approximate surface area is 154 Å². The van der Waals surface area contributed by atoms with Gasteiger partial charge in [0.2, 0.25) is 0 Å². The minimum absolute atomic E-state index is 0.0830. The molecule has 0 radical (unpaired) electrons. The van der Waals surface area contributed by atoms with E-state index in [0.717, 1.165) is 25.1 Å². The van der Waals surface area contributed by atoms with Crippen molar-refractivity contribution in [2.45, 2.75) is 27.2 Å². The van der Waals surface area contributed by atoms with Gasteiger partial charge in [-0.15, -0.1) is 0 Å². The summed E-state index contributed by atoms with van der Waals surface area (Å²) in [5.74, 6) is 0.978. The number of hydrogen-bond acceptors (Lipinski definition) is 4. The van der Waals surface area contributed by atoms with Gasteiger partial charge in [-0.2, -0.15) is 10.1 Å². The third-order valence-corrected chi connectivity index (χ3v) is 4.31. The molecule has 0 aliphatic rings. The standard InChI is InChI=1S/C18H25N5OS/c1-5-23(4)7-6-14-8-13(3)16(9-12(14)2)24-18(25)22-17(19)15-10-20-21-11-15/h8-11H,5-7H2,1-4H3,(H,20,21)(H2,19,22,25). The van der Waals surface area contributed by atoms with E-state index in [9.17, 15) is 0 Å². The number of amidine groups is 1. The summed E-state index contributed by atoms with van der Waals surface area (Å²) in [6, 6.07) is 4.16. The van der Waals surface area contributed by atoms with Gasteiger partial charge in [0.05, 0.1) is 11.8 Å². The molecule has 1 heterocycles. The summed E-state index contributed by atoms with van der Waals surface area (Å²) in [4.78, 5) is 6.41. The van der Waals surface area contributed by atoms with Crippen molar-refractivity contribution in [1.82, 2.24) is 15.1 Å². The van der Waals surface area contributed by atoms with Gasteiger partial charge >= 0.3 is 0 Å². The SMILES string of the molecule is CCN(C)CCc1cc(C)c(OC(=S)/N=C(\N)c2cn[nH]c2)cc1C. The highest BCUT2D eigenvalue weighted by Gasteiger charge is 2.09. The largest absolute Gasteiger partial charge is 0.430 e. The van der Waals surface area contributed by atoms with E-state index in [2.05, 4.69) is 47.1 Å². The molecule has 0 atom stereocenters. The summed E-state index contributed by atoms with van der Waals surface area (Å²) in [7, 11) is 2.13. The number of nitrogens with two attached hydrogens (primary N) is 1. The minimum Gasteiger partial charge on any atom is -0.430 e. The molecule has 0 unspecified atom stereocenters. The number of hydrogen-bond donors (Lipinski definition) is 2. The van der Waals surface area contributed by atoms with E-state index < -0.39 is 0 Å². The smallest absolute Gasteiger partial charge is 0.290 e. The van der Waals surface area contributed by atoms with Gasteiger partial charge in [0.1, 0.15) is 11.6 Å². The van der Waals surface area contributed by atoms with Crippen molar-refractivity contribution in [3.05, 3.63) is 46.8 Å². The molecule has 2 rings (SSSR count). The number of H-pyrrole nitrogens is 1. The predicted octanol–water partition coefficient (Wildman–Crippen LogP) is 2.59. The van der Waals surface area contributed by atoms with Gasteiger partial charge in [0.25, 0.3) is 5.17 Å². The van der Waals surface area contributed by atoms with Crippen molar-refractivity contribution in [2.75, 3.05) is 20.1 Å². The Kier molecular flexibility index (Phi) is 6.66. The second-order valence-corrected chi connectivity index (χ2v) is 6.39. The van der Waals surface area contributed by atoms with Crippen LogP contribution in [-0.4, -0.2) is 46.2 Å². The highest BCUT2D eigenvalue weighted by molar-refractivity contribution is 7.80. The quantitative estimate of drug-likeness (QED) is 0.471. The first kappa shape index (κ1) is 19.1. The molecule has 0 saturated carbocycles. The predicted molar refractivity (Wildman–Crippen MR) is 105 cm³/mol. The lowest BCUT2D eigenvalue weighted by atomic mass is 10.0. The van der Waals surface area contributed by atoms with E-state index in [4.69, 9.17) is 22.7 Å². The van der Waals surface area contributed by atoms with Crippen LogP contribution in [0.4, 0.5) is 0 Å². The van der Waals surface area contributed by atoms with Gasteiger partial charge in [-0.3, -0.25) is 5.10 Å². The molecule has 6 nitrogen and oxygen atoms in total. The van der Waals surface area contributed by atoms with E-state index in [-0.39, 0.29) is 11.0 Å². The molecule has 0 aliphatic carbocycles. The zero-order chi connectivity index (χ0) is 18.4. The highest BCUT2D eigenvalue weighted by Crippen LogP contribution is 2.24. The third kappa shape index (κ3) is 5.37. The molecule has 0 aliphatic heterocycles. The lowest BCUT2D eigenvalue weighted by molar-refractivity contribution is 0.357. The highest BCUT2D eigenvalue weighted by atomic mass is 32.1. The molecule has 0 bridgehead atoms. The second kappa shape index (κ2) is 8.73. The zero-order valence-corrected chi connectivity index (χ0v) is 16.0. The fourth-order valence-corrected chi connectivity index (χ4v) is 2.56. The van der Waals surface area contributed by atoms with E-state index in [1.54, 1.807) is 12.4 Å². The van der Waals surface area contributed by atoms with E-state index in [1.165, 1.54) is 11.1 Å². The molecule has 1 aromatic carbocycles. The number of aliphatic imine (C=N–C) groups is 1. The molecule has 7 heteroatoms. The molecule has 25 heavy (non-hydrogen) atoms. The number of thiocarbonyl (C=S) groups is 1. The van der Waals surface area contributed by atoms with E-state index in [0.29, 0.717) is 11.3 Å². The molecule has 0 fully saturated rings. The monoisotopic (exact) mass is 359 g/mol. The Bertz CT molecular complexity index is 755. The summed E-state index contributed by atoms with van der Waals surface area (Å²) < 4.78 is 5.72. The Hall–Kier alpha value is -2.25. The Morgan fingerprint density at radius 3 is 2.76 bits per heavy atom. The summed E-state index contributed by atoms with van der Waals surface area (Å²) in [5.41, 5.74) is 10.1. The van der Waals surface area contributed by atoms with Crippen LogP contribution in [-0.2, 0) is 6.42 Å². The Morgan fingerprint density at radius 1 is 1.36 bits per heavy atom. The minimum atomic E-state index is 0.0830. The molecule has 0 spiro atoms. The number of likely N-dealkylation sites (N-methyl/N-ethyl adjacent to an activating group) is 1. The zero-order valence-electron chi connectivity index (χ0n) is 15.2. The van der Waals surface area contributed by atoms with E-state index in [1.807, 2.05) is 13.0 Å². The van der Waals surface area contributed by atoms with Crippen molar-refractivity contribution in [3.63, 3.8) is 0 Å². The fourth-order valence-electron chi connectivity index (χ4n) is 2.37. The molecule has 1 aromatic heterocycles. The molecule has 0 amide bonds. The van der Waals surface area contributed by atoms with Crippen molar-refractivity contribution in [1.29, 1.82) is 0 Å². The number of nitrogens with one attached hydrogen (secondary N) is 1. The van der Waals surface area contributed by atoms with Crippen LogP contribution >= 0.6 is 12.2 Å². The molecule has 134 valence electrons. The van der Waals surface area contributed by atoms with Crippen LogP contribution in [0.5, 0.6) is 5.75 Å². The molecule has 2 aromatic rings. The first-order valence-electron chi connectivity index (χ1n) is 8.24. The summed E-state index contributed by atoms with van der Waals surface area (Å²) in [5, 5.41) is 6.60. The fraction of sp³-hybridized carbons (Fsp3) is 0.389. The normalized spacial score (nSPS) is 11.8. The van der Waals surface area contributed by atoms with Crippen LogP contribution in [0.15, 0.2) is 29.5 Å². The van der Waals surface area contributed by atoms with Crippen LogP contribution in [0.1, 0.15) is 29.2 Å². The van der Waals surface area contributed by atoms with Crippen LogP contribution in [0, 0.1) is 13.8 Å². The molecular weight excluding hydrogens is 334 g/mol. The maximum Gasteiger partial charge on any atom is 0.290 e. The van der Waals surface area contributed by atoms with E-state index >= 15 is 0 Å². The van der Waals surface area contributed by atoms with Crippen LogP contribution < -0.4 is 10.5 Å². The van der Waals surface area contributed by atoms with Crippen molar-refractivity contribution < 1.29 is 4.74 Å². The average Bonchev–Trinajstić information content (AvgIpc) is 3.10. The molecule has 3 N–H and O–H groups in total. The van der Waals surface area contributed by atoms with Gasteiger partial charge in [0, 0.05) is 12.7 Å². The second-order valence-electron chi connectivity index (χ2n) is 6.04. The van der Waals surface area contributed by atoms with Gasteiger partial charge in [0.15, 0.2) is 0 Å². The maximum absolute atomic E-state index is 5.88. The summed E-state index contributed by atoms with van der Waals surface area (Å²) in [6.45, 7) is 8.32. The van der Waals surface area contributed by atoms with Crippen molar-refractivity contribution in [3.8, 4) is 5.75 Å². The number of aromatic nitrogens is 2. The number of aromatic amines is 1. The third-order valence-electron chi connectivity index (χ3n) is 4.14. The first-order chi connectivity index (χ1) is 11.9. The Morgan fingerprint density at radius 2 is 2.12 bits per heavy atom. The van der Waals surface area contributed by atoms with Gasteiger partial charge in [-0.1, -0.05) is 13.0 Å². The lowest BCUT2D eigenvalue weighted by Gasteiger charge is -2.16. The van der Waals surface area contributed by atoms with Crippen molar-refractivity contribution >= 4 is 23.2 Å². The van der Waals surface area contributed by atoms with Crippen molar-refractivity contribution in [2.24, 2.45) is 10.7 Å². The maximum atomic E-state index is 5.88. The van der Waals surface area contributed by atoms with Gasteiger partial charge in [-0.25, -0.2) is 0 Å². The van der Waals surface area contributed by atoms with Crippen LogP contribution in [0.3, 0.4) is 0 Å². The number of ether oxygens (including phenoxy) is 1.